The molecule has 0 saturated carbocycles. The Hall–Kier alpha value is -2.58. The Morgan fingerprint density at radius 1 is 1.38 bits per heavy atom. The second-order valence-electron chi connectivity index (χ2n) is 4.51. The van der Waals surface area contributed by atoms with Gasteiger partial charge in [0, 0.05) is 17.8 Å². The van der Waals surface area contributed by atoms with E-state index in [1.807, 2.05) is 0 Å². The SMILES string of the molecule is NC(=O)CC(O)C(O)c1ccc([N+](=O)[O-])c2cccnc12. The highest BCUT2D eigenvalue weighted by molar-refractivity contribution is 5.90. The number of nitro groups is 1. The maximum Gasteiger partial charge on any atom is 0.278 e. The van der Waals surface area contributed by atoms with Gasteiger partial charge in [-0.2, -0.15) is 0 Å². The van der Waals surface area contributed by atoms with Gasteiger partial charge in [0.25, 0.3) is 5.69 Å². The first-order valence-corrected chi connectivity index (χ1v) is 6.08. The zero-order chi connectivity index (χ0) is 15.6. The number of rotatable bonds is 5. The second-order valence-corrected chi connectivity index (χ2v) is 4.51. The zero-order valence-electron chi connectivity index (χ0n) is 10.8. The van der Waals surface area contributed by atoms with E-state index in [9.17, 15) is 25.1 Å². The van der Waals surface area contributed by atoms with E-state index in [2.05, 4.69) is 4.98 Å². The third kappa shape index (κ3) is 2.96. The number of hydrogen-bond acceptors (Lipinski definition) is 6. The number of pyridine rings is 1. The van der Waals surface area contributed by atoms with Crippen molar-refractivity contribution >= 4 is 22.5 Å². The summed E-state index contributed by atoms with van der Waals surface area (Å²) in [5, 5.41) is 31.1. The molecule has 8 heteroatoms. The number of non-ortho nitro benzene ring substituents is 1. The van der Waals surface area contributed by atoms with Gasteiger partial charge in [-0.15, -0.1) is 0 Å². The summed E-state index contributed by atoms with van der Waals surface area (Å²) >= 11 is 0. The van der Waals surface area contributed by atoms with Crippen molar-refractivity contribution in [3.05, 3.63) is 46.1 Å². The van der Waals surface area contributed by atoms with E-state index >= 15 is 0 Å². The first-order chi connectivity index (χ1) is 9.91. The number of benzene rings is 1. The normalized spacial score (nSPS) is 13.8. The number of fused-ring (bicyclic) bond motifs is 1. The quantitative estimate of drug-likeness (QED) is 0.538. The molecule has 1 amide bonds. The van der Waals surface area contributed by atoms with E-state index in [1.165, 1.54) is 30.5 Å². The monoisotopic (exact) mass is 291 g/mol. The summed E-state index contributed by atoms with van der Waals surface area (Å²) in [6, 6.07) is 5.56. The van der Waals surface area contributed by atoms with Crippen molar-refractivity contribution in [2.24, 2.45) is 5.73 Å². The van der Waals surface area contributed by atoms with Crippen LogP contribution in [0.1, 0.15) is 18.1 Å². The molecule has 0 saturated heterocycles. The van der Waals surface area contributed by atoms with E-state index in [0.29, 0.717) is 0 Å². The molecular formula is C13H13N3O5. The number of hydrogen-bond donors (Lipinski definition) is 3. The Morgan fingerprint density at radius 2 is 2.10 bits per heavy atom. The van der Waals surface area contributed by atoms with Gasteiger partial charge in [-0.3, -0.25) is 19.9 Å². The van der Waals surface area contributed by atoms with Crippen LogP contribution in [-0.2, 0) is 4.79 Å². The number of aromatic nitrogens is 1. The lowest BCUT2D eigenvalue weighted by Gasteiger charge is -2.18. The van der Waals surface area contributed by atoms with Gasteiger partial charge < -0.3 is 15.9 Å². The number of carbonyl (C=O) groups is 1. The number of aliphatic hydroxyl groups excluding tert-OH is 2. The van der Waals surface area contributed by atoms with Crippen molar-refractivity contribution in [2.75, 3.05) is 0 Å². The van der Waals surface area contributed by atoms with Crippen LogP contribution < -0.4 is 5.73 Å². The first-order valence-electron chi connectivity index (χ1n) is 6.08. The van der Waals surface area contributed by atoms with E-state index in [1.54, 1.807) is 0 Å². The molecular weight excluding hydrogens is 278 g/mol. The molecule has 0 aliphatic heterocycles. The number of aliphatic hydroxyl groups is 2. The molecule has 4 N–H and O–H groups in total. The van der Waals surface area contributed by atoms with Crippen LogP contribution in [0.15, 0.2) is 30.5 Å². The molecule has 0 fully saturated rings. The summed E-state index contributed by atoms with van der Waals surface area (Å²) in [6.45, 7) is 0. The molecule has 21 heavy (non-hydrogen) atoms. The number of nitrogens with two attached hydrogens (primary N) is 1. The number of nitrogens with zero attached hydrogens (tertiary/aromatic N) is 2. The summed E-state index contributed by atoms with van der Waals surface area (Å²) < 4.78 is 0. The fourth-order valence-electron chi connectivity index (χ4n) is 2.10. The highest BCUT2D eigenvalue weighted by Crippen LogP contribution is 2.31. The highest BCUT2D eigenvalue weighted by Gasteiger charge is 2.25. The third-order valence-electron chi connectivity index (χ3n) is 3.07. The average molecular weight is 291 g/mol. The average Bonchev–Trinajstić information content (AvgIpc) is 2.44. The number of carbonyl (C=O) groups excluding carboxylic acids is 1. The highest BCUT2D eigenvalue weighted by atomic mass is 16.6. The summed E-state index contributed by atoms with van der Waals surface area (Å²) in [6.07, 6.45) is -1.83. The molecule has 2 aromatic rings. The Kier molecular flexibility index (Phi) is 4.10. The van der Waals surface area contributed by atoms with Crippen LogP contribution in [0.5, 0.6) is 0 Å². The van der Waals surface area contributed by atoms with E-state index in [-0.39, 0.29) is 22.2 Å². The van der Waals surface area contributed by atoms with Gasteiger partial charge in [0.15, 0.2) is 0 Å². The summed E-state index contributed by atoms with van der Waals surface area (Å²) in [5.41, 5.74) is 5.21. The third-order valence-corrected chi connectivity index (χ3v) is 3.07. The molecule has 0 aliphatic carbocycles. The molecule has 0 bridgehead atoms. The van der Waals surface area contributed by atoms with Gasteiger partial charge in [-0.05, 0) is 18.2 Å². The Balaban J connectivity index is 2.53. The zero-order valence-corrected chi connectivity index (χ0v) is 10.8. The Bertz CT molecular complexity index is 703. The van der Waals surface area contributed by atoms with Crippen LogP contribution in [0.4, 0.5) is 5.69 Å². The lowest BCUT2D eigenvalue weighted by Crippen LogP contribution is -2.25. The smallest absolute Gasteiger partial charge is 0.278 e. The molecule has 1 aromatic carbocycles. The molecule has 1 aromatic heterocycles. The van der Waals surface area contributed by atoms with Crippen molar-refractivity contribution < 1.29 is 19.9 Å². The fraction of sp³-hybridized carbons (Fsp3) is 0.231. The van der Waals surface area contributed by atoms with E-state index in [0.717, 1.165) is 0 Å². The molecule has 2 atom stereocenters. The van der Waals surface area contributed by atoms with Crippen molar-refractivity contribution in [1.29, 1.82) is 0 Å². The van der Waals surface area contributed by atoms with E-state index < -0.39 is 29.5 Å². The van der Waals surface area contributed by atoms with Crippen molar-refractivity contribution in [1.82, 2.24) is 4.98 Å². The Morgan fingerprint density at radius 3 is 2.71 bits per heavy atom. The summed E-state index contributed by atoms with van der Waals surface area (Å²) in [4.78, 5) is 25.2. The topological polar surface area (TPSA) is 140 Å². The molecule has 110 valence electrons. The van der Waals surface area contributed by atoms with Gasteiger partial charge in [0.05, 0.1) is 28.4 Å². The molecule has 1 heterocycles. The largest absolute Gasteiger partial charge is 0.390 e. The minimum absolute atomic E-state index is 0.154. The molecule has 2 unspecified atom stereocenters. The summed E-state index contributed by atoms with van der Waals surface area (Å²) in [5.74, 6) is -0.763. The van der Waals surface area contributed by atoms with Crippen LogP contribution in [0.3, 0.4) is 0 Å². The fourth-order valence-corrected chi connectivity index (χ4v) is 2.10. The van der Waals surface area contributed by atoms with Gasteiger partial charge in [0.2, 0.25) is 5.91 Å². The van der Waals surface area contributed by atoms with E-state index in [4.69, 9.17) is 5.73 Å². The van der Waals surface area contributed by atoms with Crippen molar-refractivity contribution in [3.8, 4) is 0 Å². The number of nitro benzene ring substituents is 1. The maximum atomic E-state index is 11.0. The minimum atomic E-state index is -1.42. The number of amides is 1. The van der Waals surface area contributed by atoms with Crippen LogP contribution in [-0.4, -0.2) is 32.1 Å². The van der Waals surface area contributed by atoms with Crippen LogP contribution >= 0.6 is 0 Å². The standard InChI is InChI=1S/C13H13N3O5/c14-11(18)6-10(17)13(19)8-3-4-9(16(20)21)7-2-1-5-15-12(7)8/h1-5,10,13,17,19H,6H2,(H2,14,18). The molecule has 0 spiro atoms. The molecule has 8 nitrogen and oxygen atoms in total. The van der Waals surface area contributed by atoms with Gasteiger partial charge in [0.1, 0.15) is 6.10 Å². The number of primary amides is 1. The predicted molar refractivity (Wildman–Crippen MR) is 73.2 cm³/mol. The lowest BCUT2D eigenvalue weighted by molar-refractivity contribution is -0.383. The van der Waals surface area contributed by atoms with Gasteiger partial charge >= 0.3 is 0 Å². The van der Waals surface area contributed by atoms with Gasteiger partial charge in [-0.25, -0.2) is 0 Å². The summed E-state index contributed by atoms with van der Waals surface area (Å²) in [7, 11) is 0. The first kappa shape index (κ1) is 14.8. The van der Waals surface area contributed by atoms with Crippen molar-refractivity contribution in [2.45, 2.75) is 18.6 Å². The van der Waals surface area contributed by atoms with Gasteiger partial charge in [-0.1, -0.05) is 0 Å². The van der Waals surface area contributed by atoms with Crippen LogP contribution in [0.25, 0.3) is 10.9 Å². The molecule has 0 radical (unpaired) electrons. The van der Waals surface area contributed by atoms with Crippen LogP contribution in [0.2, 0.25) is 0 Å². The minimum Gasteiger partial charge on any atom is -0.390 e. The lowest BCUT2D eigenvalue weighted by atomic mass is 9.98. The predicted octanol–water partition coefficient (Wildman–Crippen LogP) is 0.413. The van der Waals surface area contributed by atoms with Crippen LogP contribution in [0, 0.1) is 10.1 Å². The maximum absolute atomic E-state index is 11.0. The van der Waals surface area contributed by atoms with Crippen molar-refractivity contribution in [3.63, 3.8) is 0 Å². The molecule has 0 aliphatic rings. The Labute approximate surface area is 119 Å². The molecule has 2 rings (SSSR count). The second kappa shape index (κ2) is 5.81.